The third kappa shape index (κ3) is 2.18. The lowest BCUT2D eigenvalue weighted by molar-refractivity contribution is 0.574. The second-order valence-corrected chi connectivity index (χ2v) is 5.23. The summed E-state index contributed by atoms with van der Waals surface area (Å²) in [6, 6.07) is 9.62. The van der Waals surface area contributed by atoms with Crippen LogP contribution < -0.4 is 0 Å². The van der Waals surface area contributed by atoms with Crippen molar-refractivity contribution in [3.05, 3.63) is 81.9 Å². The van der Waals surface area contributed by atoms with E-state index in [1.165, 1.54) is 0 Å². The summed E-state index contributed by atoms with van der Waals surface area (Å²) < 4.78 is 28.2. The summed E-state index contributed by atoms with van der Waals surface area (Å²) in [5, 5.41) is 0. The molecule has 0 aliphatic heterocycles. The number of halogens is 3. The molecule has 0 saturated heterocycles. The Labute approximate surface area is 123 Å². The second kappa shape index (κ2) is 5.25. The van der Waals surface area contributed by atoms with E-state index >= 15 is 0 Å². The lowest BCUT2D eigenvalue weighted by Crippen LogP contribution is -2.08. The van der Waals surface area contributed by atoms with Gasteiger partial charge >= 0.3 is 0 Å². The summed E-state index contributed by atoms with van der Waals surface area (Å²) in [5.74, 6) is -1.36. The normalized spacial score (nSPS) is 11.2. The number of H-pyrrole nitrogens is 2. The molecule has 0 radical (unpaired) electrons. The fourth-order valence-electron chi connectivity index (χ4n) is 2.33. The van der Waals surface area contributed by atoms with E-state index in [0.717, 1.165) is 23.5 Å². The van der Waals surface area contributed by atoms with Crippen molar-refractivity contribution in [2.75, 3.05) is 0 Å². The average molecular weight is 337 g/mol. The third-order valence-electron chi connectivity index (χ3n) is 3.23. The summed E-state index contributed by atoms with van der Waals surface area (Å²) in [6.45, 7) is 0. The van der Waals surface area contributed by atoms with Gasteiger partial charge in [-0.2, -0.15) is 0 Å². The molecule has 2 nitrogen and oxygen atoms in total. The predicted octanol–water partition coefficient (Wildman–Crippen LogP) is 4.56. The SMILES string of the molecule is Fc1ccc(F)c(C(c2ccc[nH]2)c2ccc[nH]2)c1Br. The van der Waals surface area contributed by atoms with Crippen LogP contribution in [0, 0.1) is 11.6 Å². The van der Waals surface area contributed by atoms with Crippen LogP contribution in [0.1, 0.15) is 22.9 Å². The van der Waals surface area contributed by atoms with Crippen molar-refractivity contribution in [3.8, 4) is 0 Å². The van der Waals surface area contributed by atoms with E-state index in [1.807, 2.05) is 24.3 Å². The van der Waals surface area contributed by atoms with Crippen LogP contribution in [0.2, 0.25) is 0 Å². The molecular weight excluding hydrogens is 326 g/mol. The molecule has 0 amide bonds. The standard InChI is InChI=1S/C15H11BrF2N2/c16-15-10(18)6-5-9(17)13(15)14(11-3-1-7-19-11)12-4-2-8-20-12/h1-8,14,19-20H. The van der Waals surface area contributed by atoms with E-state index in [9.17, 15) is 8.78 Å². The van der Waals surface area contributed by atoms with Crippen molar-refractivity contribution < 1.29 is 8.78 Å². The predicted molar refractivity (Wildman–Crippen MR) is 76.6 cm³/mol. The van der Waals surface area contributed by atoms with Crippen molar-refractivity contribution >= 4 is 15.9 Å². The Morgan fingerprint density at radius 3 is 1.90 bits per heavy atom. The Balaban J connectivity index is 2.24. The number of hydrogen-bond donors (Lipinski definition) is 2. The number of aromatic nitrogens is 2. The van der Waals surface area contributed by atoms with E-state index in [1.54, 1.807) is 12.4 Å². The van der Waals surface area contributed by atoms with Gasteiger partial charge in [0.2, 0.25) is 0 Å². The maximum absolute atomic E-state index is 14.2. The first-order chi connectivity index (χ1) is 9.68. The number of benzene rings is 1. The van der Waals surface area contributed by atoms with Crippen molar-refractivity contribution in [1.82, 2.24) is 9.97 Å². The Morgan fingerprint density at radius 2 is 1.40 bits per heavy atom. The first kappa shape index (κ1) is 13.1. The first-order valence-electron chi connectivity index (χ1n) is 6.08. The summed E-state index contributed by atoms with van der Waals surface area (Å²) in [4.78, 5) is 6.14. The van der Waals surface area contributed by atoms with Gasteiger partial charge < -0.3 is 9.97 Å². The Morgan fingerprint density at radius 1 is 0.850 bits per heavy atom. The van der Waals surface area contributed by atoms with Gasteiger partial charge in [0.1, 0.15) is 11.6 Å². The first-order valence-corrected chi connectivity index (χ1v) is 6.87. The van der Waals surface area contributed by atoms with Gasteiger partial charge in [-0.3, -0.25) is 0 Å². The maximum atomic E-state index is 14.2. The summed E-state index contributed by atoms with van der Waals surface area (Å²) in [6.07, 6.45) is 3.52. The van der Waals surface area contributed by atoms with Crippen LogP contribution in [0.15, 0.2) is 53.3 Å². The molecule has 2 N–H and O–H groups in total. The molecule has 0 spiro atoms. The van der Waals surface area contributed by atoms with E-state index in [-0.39, 0.29) is 10.0 Å². The smallest absolute Gasteiger partial charge is 0.137 e. The monoisotopic (exact) mass is 336 g/mol. The van der Waals surface area contributed by atoms with Gasteiger partial charge in [0, 0.05) is 29.3 Å². The molecule has 0 bridgehead atoms. The number of rotatable bonds is 3. The highest BCUT2D eigenvalue weighted by atomic mass is 79.9. The molecule has 3 aromatic rings. The van der Waals surface area contributed by atoms with Gasteiger partial charge in [-0.15, -0.1) is 0 Å². The van der Waals surface area contributed by atoms with Crippen molar-refractivity contribution in [2.45, 2.75) is 5.92 Å². The van der Waals surface area contributed by atoms with Crippen LogP contribution in [0.5, 0.6) is 0 Å². The average Bonchev–Trinajstić information content (AvgIpc) is 3.12. The lowest BCUT2D eigenvalue weighted by atomic mass is 9.92. The van der Waals surface area contributed by atoms with Crippen LogP contribution in [0.4, 0.5) is 8.78 Å². The molecule has 2 heterocycles. The van der Waals surface area contributed by atoms with Gasteiger partial charge in [0.15, 0.2) is 0 Å². The Bertz CT molecular complexity index is 672. The zero-order valence-electron chi connectivity index (χ0n) is 10.3. The van der Waals surface area contributed by atoms with Crippen LogP contribution in [0.3, 0.4) is 0 Å². The highest BCUT2D eigenvalue weighted by Gasteiger charge is 2.25. The van der Waals surface area contributed by atoms with Gasteiger partial charge in [-0.05, 0) is 52.3 Å². The lowest BCUT2D eigenvalue weighted by Gasteiger charge is -2.18. The topological polar surface area (TPSA) is 31.6 Å². The summed E-state index contributed by atoms with van der Waals surface area (Å²) in [7, 11) is 0. The molecule has 3 rings (SSSR count). The van der Waals surface area contributed by atoms with Gasteiger partial charge in [-0.25, -0.2) is 8.78 Å². The van der Waals surface area contributed by atoms with Gasteiger partial charge in [0.25, 0.3) is 0 Å². The molecular formula is C15H11BrF2N2. The quantitative estimate of drug-likeness (QED) is 0.657. The molecule has 2 aromatic heterocycles. The molecule has 102 valence electrons. The minimum Gasteiger partial charge on any atom is -0.364 e. The van der Waals surface area contributed by atoms with Crippen LogP contribution >= 0.6 is 15.9 Å². The highest BCUT2D eigenvalue weighted by Crippen LogP contribution is 2.37. The number of aromatic amines is 2. The van der Waals surface area contributed by atoms with E-state index in [2.05, 4.69) is 25.9 Å². The van der Waals surface area contributed by atoms with Crippen LogP contribution in [0.25, 0.3) is 0 Å². The van der Waals surface area contributed by atoms with E-state index in [4.69, 9.17) is 0 Å². The van der Waals surface area contributed by atoms with Crippen molar-refractivity contribution in [3.63, 3.8) is 0 Å². The summed E-state index contributed by atoms with van der Waals surface area (Å²) in [5.41, 5.74) is 1.85. The fraction of sp³-hybridized carbons (Fsp3) is 0.0667. The molecule has 5 heteroatoms. The number of hydrogen-bond acceptors (Lipinski definition) is 0. The molecule has 20 heavy (non-hydrogen) atoms. The third-order valence-corrected chi connectivity index (χ3v) is 4.04. The molecule has 0 atom stereocenters. The van der Waals surface area contributed by atoms with E-state index in [0.29, 0.717) is 0 Å². The van der Waals surface area contributed by atoms with Crippen molar-refractivity contribution in [1.29, 1.82) is 0 Å². The minimum atomic E-state index is -0.482. The van der Waals surface area contributed by atoms with Gasteiger partial charge in [0.05, 0.1) is 10.4 Å². The molecule has 0 aliphatic carbocycles. The molecule has 0 saturated carbocycles. The largest absolute Gasteiger partial charge is 0.364 e. The number of nitrogens with one attached hydrogen (secondary N) is 2. The van der Waals surface area contributed by atoms with Crippen LogP contribution in [-0.4, -0.2) is 9.97 Å². The minimum absolute atomic E-state index is 0.145. The highest BCUT2D eigenvalue weighted by molar-refractivity contribution is 9.10. The fourth-order valence-corrected chi connectivity index (χ4v) is 2.88. The van der Waals surface area contributed by atoms with Crippen LogP contribution in [-0.2, 0) is 0 Å². The molecule has 1 aromatic carbocycles. The summed E-state index contributed by atoms with van der Waals surface area (Å²) >= 11 is 3.16. The van der Waals surface area contributed by atoms with Crippen molar-refractivity contribution in [2.24, 2.45) is 0 Å². The Kier molecular flexibility index (Phi) is 3.44. The molecule has 0 aliphatic rings. The molecule has 0 unspecified atom stereocenters. The Hall–Kier alpha value is -1.88. The molecule has 0 fully saturated rings. The zero-order valence-corrected chi connectivity index (χ0v) is 11.9. The second-order valence-electron chi connectivity index (χ2n) is 4.44. The van der Waals surface area contributed by atoms with Gasteiger partial charge in [-0.1, -0.05) is 0 Å². The zero-order chi connectivity index (χ0) is 14.1. The van der Waals surface area contributed by atoms with E-state index < -0.39 is 17.6 Å². The maximum Gasteiger partial charge on any atom is 0.137 e.